The summed E-state index contributed by atoms with van der Waals surface area (Å²) in [7, 11) is 0. The maximum Gasteiger partial charge on any atom is 0.309 e. The Morgan fingerprint density at radius 1 is 1.13 bits per heavy atom. The molecule has 6 rings (SSSR count). The summed E-state index contributed by atoms with van der Waals surface area (Å²) < 4.78 is 30.9. The van der Waals surface area contributed by atoms with E-state index < -0.39 is 0 Å². The Labute approximate surface area is 179 Å². The molecule has 0 amide bonds. The number of rotatable bonds is 7. The molecule has 3 unspecified atom stereocenters. The number of ether oxygens (including phenoxy) is 5. The Hall–Kier alpha value is -0.690. The lowest BCUT2D eigenvalue weighted by atomic mass is 9.47. The van der Waals surface area contributed by atoms with Gasteiger partial charge in [-0.2, -0.15) is 0 Å². The normalized spacial score (nSPS) is 52.8. The van der Waals surface area contributed by atoms with Gasteiger partial charge < -0.3 is 23.7 Å². The van der Waals surface area contributed by atoms with Crippen LogP contribution >= 0.6 is 0 Å². The standard InChI is InChI=1S/C24H36O6/c1-3-4-5-11-26-14-28-18-7-6-8-19-24(30-19)22(2)10-9-15-16(13-27-21(15)25)17(22)12-20-23(18,24)29-20/h15-20H,3-14H2,1-2H3/t15?,16?,17?,18-,19+,20+,22+,23+,24-/m1/s1. The van der Waals surface area contributed by atoms with E-state index in [0.29, 0.717) is 25.2 Å². The van der Waals surface area contributed by atoms with Crippen LogP contribution in [0.1, 0.15) is 71.6 Å². The van der Waals surface area contributed by atoms with Gasteiger partial charge in [0.15, 0.2) is 5.60 Å². The average molecular weight is 421 g/mol. The third-order valence-electron chi connectivity index (χ3n) is 9.58. The Morgan fingerprint density at radius 2 is 2.03 bits per heavy atom. The maximum absolute atomic E-state index is 12.3. The highest BCUT2D eigenvalue weighted by Gasteiger charge is 2.91. The minimum absolute atomic E-state index is 0.0173. The van der Waals surface area contributed by atoms with Crippen LogP contribution in [0.25, 0.3) is 0 Å². The zero-order valence-corrected chi connectivity index (χ0v) is 18.4. The largest absolute Gasteiger partial charge is 0.465 e. The maximum atomic E-state index is 12.3. The molecule has 30 heavy (non-hydrogen) atoms. The number of hydrogen-bond acceptors (Lipinski definition) is 6. The number of unbranched alkanes of at least 4 members (excludes halogenated alkanes) is 2. The Bertz CT molecular complexity index is 712. The number of hydrogen-bond donors (Lipinski definition) is 0. The molecule has 3 saturated heterocycles. The lowest BCUT2D eigenvalue weighted by Gasteiger charge is -2.54. The molecule has 6 heteroatoms. The molecule has 0 N–H and O–H groups in total. The molecule has 2 spiro atoms. The summed E-state index contributed by atoms with van der Waals surface area (Å²) in [6.07, 6.45) is 10.1. The van der Waals surface area contributed by atoms with Crippen LogP contribution in [0.2, 0.25) is 0 Å². The van der Waals surface area contributed by atoms with Crippen LogP contribution in [0.15, 0.2) is 0 Å². The van der Waals surface area contributed by atoms with Gasteiger partial charge in [-0.25, -0.2) is 0 Å². The highest BCUT2D eigenvalue weighted by Crippen LogP contribution is 2.78. The van der Waals surface area contributed by atoms with Gasteiger partial charge in [0.25, 0.3) is 0 Å². The third-order valence-corrected chi connectivity index (χ3v) is 9.58. The van der Waals surface area contributed by atoms with E-state index in [4.69, 9.17) is 23.7 Å². The van der Waals surface area contributed by atoms with Crippen molar-refractivity contribution in [3.63, 3.8) is 0 Å². The fraction of sp³-hybridized carbons (Fsp3) is 0.958. The Balaban J connectivity index is 1.23. The highest BCUT2D eigenvalue weighted by molar-refractivity contribution is 5.75. The second kappa shape index (κ2) is 6.90. The molecule has 3 saturated carbocycles. The molecule has 0 aromatic rings. The summed E-state index contributed by atoms with van der Waals surface area (Å²) >= 11 is 0. The van der Waals surface area contributed by atoms with Gasteiger partial charge in [-0.3, -0.25) is 4.79 Å². The first-order valence-corrected chi connectivity index (χ1v) is 12.3. The van der Waals surface area contributed by atoms with E-state index in [1.807, 2.05) is 0 Å². The van der Waals surface area contributed by atoms with Crippen LogP contribution in [0.4, 0.5) is 0 Å². The predicted molar refractivity (Wildman–Crippen MR) is 108 cm³/mol. The first-order chi connectivity index (χ1) is 14.6. The first-order valence-electron chi connectivity index (χ1n) is 12.3. The molecular weight excluding hydrogens is 384 g/mol. The van der Waals surface area contributed by atoms with E-state index in [9.17, 15) is 4.79 Å². The van der Waals surface area contributed by atoms with Crippen molar-refractivity contribution in [2.45, 2.75) is 101 Å². The molecule has 168 valence electrons. The Morgan fingerprint density at radius 3 is 2.90 bits per heavy atom. The van der Waals surface area contributed by atoms with Crippen molar-refractivity contribution in [1.29, 1.82) is 0 Å². The molecule has 3 aliphatic carbocycles. The molecule has 0 radical (unpaired) electrons. The van der Waals surface area contributed by atoms with Gasteiger partial charge >= 0.3 is 5.97 Å². The zero-order valence-electron chi connectivity index (χ0n) is 18.4. The van der Waals surface area contributed by atoms with Gasteiger partial charge in [0.05, 0.1) is 30.8 Å². The van der Waals surface area contributed by atoms with E-state index in [1.54, 1.807) is 0 Å². The molecule has 9 atom stereocenters. The van der Waals surface area contributed by atoms with Crippen LogP contribution in [0, 0.1) is 23.2 Å². The SMILES string of the molecule is CCCCCOCO[C@@H]1CCC[C@@H]2O[C@]23[C@]12O[C@H]2CC1C2COC(=O)C2CC[C@@]13C. The van der Waals surface area contributed by atoms with Crippen molar-refractivity contribution in [3.05, 3.63) is 0 Å². The van der Waals surface area contributed by atoms with Crippen molar-refractivity contribution in [1.82, 2.24) is 0 Å². The first kappa shape index (κ1) is 20.0. The second-order valence-corrected chi connectivity index (χ2v) is 10.8. The molecule has 6 nitrogen and oxygen atoms in total. The van der Waals surface area contributed by atoms with Crippen molar-refractivity contribution >= 4 is 5.97 Å². The zero-order chi connectivity index (χ0) is 20.6. The smallest absolute Gasteiger partial charge is 0.309 e. The van der Waals surface area contributed by atoms with Crippen LogP contribution in [-0.2, 0) is 28.5 Å². The van der Waals surface area contributed by atoms with E-state index in [1.165, 1.54) is 12.8 Å². The average Bonchev–Trinajstić information content (AvgIpc) is 3.61. The minimum Gasteiger partial charge on any atom is -0.465 e. The quantitative estimate of drug-likeness (QED) is 0.271. The summed E-state index contributed by atoms with van der Waals surface area (Å²) in [4.78, 5) is 12.3. The topological polar surface area (TPSA) is 69.8 Å². The van der Waals surface area contributed by atoms with Crippen molar-refractivity contribution in [2.24, 2.45) is 23.2 Å². The number of cyclic esters (lactones) is 1. The summed E-state index contributed by atoms with van der Waals surface area (Å²) in [5, 5.41) is 0. The van der Waals surface area contributed by atoms with Gasteiger partial charge in [0.2, 0.25) is 0 Å². The number of carbonyl (C=O) groups is 1. The minimum atomic E-state index is -0.317. The van der Waals surface area contributed by atoms with E-state index in [0.717, 1.165) is 51.6 Å². The number of fused-ring (bicyclic) bond motifs is 3. The van der Waals surface area contributed by atoms with Gasteiger partial charge in [-0.1, -0.05) is 26.7 Å². The highest BCUT2D eigenvalue weighted by atomic mass is 16.7. The monoisotopic (exact) mass is 420 g/mol. The predicted octanol–water partition coefficient (Wildman–Crippen LogP) is 3.60. The summed E-state index contributed by atoms with van der Waals surface area (Å²) in [5.41, 5.74) is -0.552. The summed E-state index contributed by atoms with van der Waals surface area (Å²) in [5.74, 6) is 0.848. The van der Waals surface area contributed by atoms with Crippen molar-refractivity contribution < 1.29 is 28.5 Å². The van der Waals surface area contributed by atoms with Crippen LogP contribution in [0.3, 0.4) is 0 Å². The lowest BCUT2D eigenvalue weighted by Crippen LogP contribution is -2.64. The van der Waals surface area contributed by atoms with E-state index in [2.05, 4.69) is 13.8 Å². The molecule has 0 aromatic heterocycles. The van der Waals surface area contributed by atoms with Gasteiger partial charge in [0.1, 0.15) is 12.4 Å². The molecule has 0 aromatic carbocycles. The Kier molecular flexibility index (Phi) is 4.59. The van der Waals surface area contributed by atoms with Gasteiger partial charge in [-0.05, 0) is 50.9 Å². The van der Waals surface area contributed by atoms with E-state index in [-0.39, 0.29) is 46.8 Å². The molecule has 0 bridgehead atoms. The summed E-state index contributed by atoms with van der Waals surface area (Å²) in [6.45, 7) is 6.31. The molecule has 6 aliphatic rings. The molecule has 6 fully saturated rings. The van der Waals surface area contributed by atoms with Gasteiger partial charge in [0, 0.05) is 17.9 Å². The van der Waals surface area contributed by atoms with Crippen LogP contribution in [-0.4, -0.2) is 55.5 Å². The molecule has 3 aliphatic heterocycles. The lowest BCUT2D eigenvalue weighted by molar-refractivity contribution is -0.157. The number of epoxide rings is 2. The summed E-state index contributed by atoms with van der Waals surface area (Å²) in [6, 6.07) is 0. The fourth-order valence-corrected chi connectivity index (χ4v) is 8.12. The molecular formula is C24H36O6. The van der Waals surface area contributed by atoms with E-state index >= 15 is 0 Å². The fourth-order valence-electron chi connectivity index (χ4n) is 8.12. The van der Waals surface area contributed by atoms with Crippen molar-refractivity contribution in [3.8, 4) is 0 Å². The number of esters is 1. The third kappa shape index (κ3) is 2.42. The molecule has 3 heterocycles. The number of carbonyl (C=O) groups excluding carboxylic acids is 1. The van der Waals surface area contributed by atoms with Gasteiger partial charge in [-0.15, -0.1) is 0 Å². The van der Waals surface area contributed by atoms with Crippen LogP contribution in [0.5, 0.6) is 0 Å². The second-order valence-electron chi connectivity index (χ2n) is 10.8. The van der Waals surface area contributed by atoms with Crippen molar-refractivity contribution in [2.75, 3.05) is 20.0 Å². The van der Waals surface area contributed by atoms with Crippen LogP contribution < -0.4 is 0 Å².